The van der Waals surface area contributed by atoms with Crippen LogP contribution >= 0.6 is 0 Å². The molecule has 2 heteroatoms. The summed E-state index contributed by atoms with van der Waals surface area (Å²) in [7, 11) is 0. The minimum atomic E-state index is -0.245. The maximum atomic E-state index is 12.9. The summed E-state index contributed by atoms with van der Waals surface area (Å²) >= 11 is 0. The van der Waals surface area contributed by atoms with Gasteiger partial charge in [-0.3, -0.25) is 4.98 Å². The van der Waals surface area contributed by atoms with Gasteiger partial charge in [-0.15, -0.1) is 0 Å². The second-order valence-electron chi connectivity index (χ2n) is 3.04. The van der Waals surface area contributed by atoms with E-state index < -0.39 is 0 Å². The van der Waals surface area contributed by atoms with Crippen LogP contribution in [0.15, 0.2) is 42.7 Å². The van der Waals surface area contributed by atoms with Crippen LogP contribution in [-0.4, -0.2) is 4.98 Å². The van der Waals surface area contributed by atoms with Gasteiger partial charge >= 0.3 is 0 Å². The molecule has 0 spiro atoms. The number of hydrogen-bond acceptors (Lipinski definition) is 1. The van der Waals surface area contributed by atoms with Gasteiger partial charge in [0, 0.05) is 18.0 Å². The smallest absolute Gasteiger partial charge is 0.123 e. The molecule has 0 atom stereocenters. The third-order valence-electron chi connectivity index (χ3n) is 2.05. The zero-order valence-electron chi connectivity index (χ0n) is 7.57. The first-order chi connectivity index (χ1) is 6.77. The van der Waals surface area contributed by atoms with Crippen molar-refractivity contribution in [3.8, 4) is 11.1 Å². The number of nitrogens with zero attached hydrogens (tertiary/aromatic N) is 1. The van der Waals surface area contributed by atoms with Gasteiger partial charge in [-0.25, -0.2) is 4.39 Å². The molecule has 1 aromatic heterocycles. The minimum absolute atomic E-state index is 0.245. The molecular weight excluding hydrogens is 177 g/mol. The summed E-state index contributed by atoms with van der Waals surface area (Å²) < 4.78 is 12.9. The van der Waals surface area contributed by atoms with Crippen molar-refractivity contribution in [3.05, 3.63) is 61.0 Å². The molecule has 0 N–H and O–H groups in total. The summed E-state index contributed by atoms with van der Waals surface area (Å²) in [6.45, 7) is 3.86. The van der Waals surface area contributed by atoms with Gasteiger partial charge in [-0.1, -0.05) is 12.1 Å². The van der Waals surface area contributed by atoms with E-state index in [-0.39, 0.29) is 5.82 Å². The number of rotatable bonds is 1. The zero-order chi connectivity index (χ0) is 9.97. The summed E-state index contributed by atoms with van der Waals surface area (Å²) in [6, 6.07) is 8.22. The highest BCUT2D eigenvalue weighted by molar-refractivity contribution is 5.66. The molecule has 2 rings (SSSR count). The van der Waals surface area contributed by atoms with Crippen LogP contribution < -0.4 is 0 Å². The number of halogens is 1. The van der Waals surface area contributed by atoms with E-state index in [1.807, 2.05) is 6.07 Å². The molecule has 0 unspecified atom stereocenters. The number of pyridine rings is 1. The molecule has 0 aliphatic carbocycles. The second-order valence-corrected chi connectivity index (χ2v) is 3.04. The van der Waals surface area contributed by atoms with E-state index in [1.54, 1.807) is 24.5 Å². The monoisotopic (exact) mass is 186 g/mol. The molecule has 2 aromatic rings. The van der Waals surface area contributed by atoms with Crippen molar-refractivity contribution in [2.45, 2.75) is 0 Å². The molecule has 0 amide bonds. The number of hydrogen-bond donors (Lipinski definition) is 0. The molecule has 0 saturated heterocycles. The average molecular weight is 186 g/mol. The third-order valence-corrected chi connectivity index (χ3v) is 2.05. The fourth-order valence-corrected chi connectivity index (χ4v) is 1.34. The molecule has 1 heterocycles. The van der Waals surface area contributed by atoms with Crippen LogP contribution in [0.25, 0.3) is 11.1 Å². The molecule has 0 fully saturated rings. The van der Waals surface area contributed by atoms with Crippen molar-refractivity contribution in [2.24, 2.45) is 0 Å². The Morgan fingerprint density at radius 3 is 2.79 bits per heavy atom. The Kier molecular flexibility index (Phi) is 2.27. The van der Waals surface area contributed by atoms with Crippen molar-refractivity contribution >= 4 is 0 Å². The third kappa shape index (κ3) is 1.64. The first-order valence-corrected chi connectivity index (χ1v) is 4.29. The lowest BCUT2D eigenvalue weighted by atomic mass is 10.0. The lowest BCUT2D eigenvalue weighted by Gasteiger charge is -2.04. The lowest BCUT2D eigenvalue weighted by Crippen LogP contribution is -1.85. The molecule has 0 saturated carbocycles. The SMILES string of the molecule is [CH2]c1ccncc1-c1cccc(F)c1. The van der Waals surface area contributed by atoms with Crippen LogP contribution in [0, 0.1) is 12.7 Å². The first-order valence-electron chi connectivity index (χ1n) is 4.29. The van der Waals surface area contributed by atoms with Crippen molar-refractivity contribution in [3.63, 3.8) is 0 Å². The Morgan fingerprint density at radius 1 is 1.21 bits per heavy atom. The molecule has 0 aliphatic heterocycles. The molecular formula is C12H9FN. The molecule has 0 bridgehead atoms. The molecule has 1 nitrogen and oxygen atoms in total. The van der Waals surface area contributed by atoms with Gasteiger partial charge in [0.05, 0.1) is 0 Å². The van der Waals surface area contributed by atoms with Crippen molar-refractivity contribution in [2.75, 3.05) is 0 Å². The number of aromatic nitrogens is 1. The summed E-state index contributed by atoms with van der Waals surface area (Å²) in [5, 5.41) is 0. The summed E-state index contributed by atoms with van der Waals surface area (Å²) in [4.78, 5) is 3.99. The molecule has 0 aliphatic rings. The Labute approximate surface area is 82.2 Å². The summed E-state index contributed by atoms with van der Waals surface area (Å²) in [5.41, 5.74) is 2.53. The van der Waals surface area contributed by atoms with E-state index in [0.717, 1.165) is 16.7 Å². The van der Waals surface area contributed by atoms with Gasteiger partial charge in [0.1, 0.15) is 5.82 Å². The van der Waals surface area contributed by atoms with Gasteiger partial charge in [0.2, 0.25) is 0 Å². The highest BCUT2D eigenvalue weighted by Crippen LogP contribution is 2.22. The average Bonchev–Trinajstić information content (AvgIpc) is 2.18. The second kappa shape index (κ2) is 3.58. The lowest BCUT2D eigenvalue weighted by molar-refractivity contribution is 0.628. The Balaban J connectivity index is 2.55. The summed E-state index contributed by atoms with van der Waals surface area (Å²) in [5.74, 6) is -0.245. The Bertz CT molecular complexity index is 452. The largest absolute Gasteiger partial charge is 0.264 e. The first kappa shape index (κ1) is 8.88. The molecule has 1 radical (unpaired) electrons. The van der Waals surface area contributed by atoms with E-state index in [1.165, 1.54) is 12.1 Å². The van der Waals surface area contributed by atoms with Crippen LogP contribution in [0.3, 0.4) is 0 Å². The fourth-order valence-electron chi connectivity index (χ4n) is 1.34. The van der Waals surface area contributed by atoms with E-state index in [4.69, 9.17) is 0 Å². The van der Waals surface area contributed by atoms with Gasteiger partial charge in [-0.05, 0) is 36.2 Å². The van der Waals surface area contributed by atoms with Gasteiger partial charge in [-0.2, -0.15) is 0 Å². The quantitative estimate of drug-likeness (QED) is 0.667. The van der Waals surface area contributed by atoms with Crippen LogP contribution in [0.5, 0.6) is 0 Å². The maximum Gasteiger partial charge on any atom is 0.123 e. The topological polar surface area (TPSA) is 12.9 Å². The van der Waals surface area contributed by atoms with Gasteiger partial charge < -0.3 is 0 Å². The molecule has 1 aromatic carbocycles. The van der Waals surface area contributed by atoms with Gasteiger partial charge in [0.25, 0.3) is 0 Å². The Hall–Kier alpha value is -1.70. The predicted molar refractivity (Wildman–Crippen MR) is 54.1 cm³/mol. The van der Waals surface area contributed by atoms with Crippen molar-refractivity contribution < 1.29 is 4.39 Å². The fraction of sp³-hybridized carbons (Fsp3) is 0. The number of benzene rings is 1. The zero-order valence-corrected chi connectivity index (χ0v) is 7.57. The van der Waals surface area contributed by atoms with Crippen LogP contribution in [-0.2, 0) is 0 Å². The van der Waals surface area contributed by atoms with E-state index in [0.29, 0.717) is 0 Å². The van der Waals surface area contributed by atoms with Crippen LogP contribution in [0.4, 0.5) is 4.39 Å². The van der Waals surface area contributed by atoms with Gasteiger partial charge in [0.15, 0.2) is 0 Å². The maximum absolute atomic E-state index is 12.9. The van der Waals surface area contributed by atoms with E-state index in [2.05, 4.69) is 11.9 Å². The molecule has 69 valence electrons. The van der Waals surface area contributed by atoms with E-state index >= 15 is 0 Å². The highest BCUT2D eigenvalue weighted by Gasteiger charge is 2.01. The Morgan fingerprint density at radius 2 is 2.07 bits per heavy atom. The standard InChI is InChI=1S/C12H9FN/c1-9-5-6-14-8-12(9)10-3-2-4-11(13)7-10/h2-8H,1H2. The minimum Gasteiger partial charge on any atom is -0.264 e. The van der Waals surface area contributed by atoms with Crippen molar-refractivity contribution in [1.82, 2.24) is 4.98 Å². The molecule has 14 heavy (non-hydrogen) atoms. The van der Waals surface area contributed by atoms with Crippen LogP contribution in [0.1, 0.15) is 5.56 Å². The normalized spacial score (nSPS) is 10.1. The predicted octanol–water partition coefficient (Wildman–Crippen LogP) is 3.07. The highest BCUT2D eigenvalue weighted by atomic mass is 19.1. The van der Waals surface area contributed by atoms with Crippen LogP contribution in [0.2, 0.25) is 0 Å². The summed E-state index contributed by atoms with van der Waals surface area (Å²) in [6.07, 6.45) is 3.36. The van der Waals surface area contributed by atoms with E-state index in [9.17, 15) is 4.39 Å². The van der Waals surface area contributed by atoms with Crippen molar-refractivity contribution in [1.29, 1.82) is 0 Å².